The highest BCUT2D eigenvalue weighted by Gasteiger charge is 2.09. The Labute approximate surface area is 145 Å². The first-order chi connectivity index (χ1) is 11.7. The highest BCUT2D eigenvalue weighted by atomic mass is 16.5. The molecule has 1 N–H and O–H groups in total. The van der Waals surface area contributed by atoms with Crippen molar-refractivity contribution in [1.29, 1.82) is 0 Å². The van der Waals surface area contributed by atoms with Crippen molar-refractivity contribution >= 4 is 0 Å². The number of phenols is 1. The molecule has 0 unspecified atom stereocenters. The molecule has 1 aromatic carbocycles. The standard InChI is InChI=1S/C16H16N2O2.2C2H6/c1-3-5-12(6-4-2)11-15-17-16(20-18-15)13-7-9-14(19)10-8-13;2*1-2/h3-10,19H,1,11H2,2H3;2*1-2H3/b6-4-,12-5+;;. The van der Waals surface area contributed by atoms with E-state index in [9.17, 15) is 5.11 Å². The maximum Gasteiger partial charge on any atom is 0.257 e. The van der Waals surface area contributed by atoms with Gasteiger partial charge in [0.15, 0.2) is 5.82 Å². The molecule has 130 valence electrons. The third-order valence-electron chi connectivity index (χ3n) is 2.66. The second-order valence-corrected chi connectivity index (χ2v) is 4.22. The second-order valence-electron chi connectivity index (χ2n) is 4.22. The summed E-state index contributed by atoms with van der Waals surface area (Å²) in [6.45, 7) is 13.6. The topological polar surface area (TPSA) is 59.2 Å². The molecule has 4 heteroatoms. The largest absolute Gasteiger partial charge is 0.508 e. The number of aromatic hydroxyl groups is 1. The van der Waals surface area contributed by atoms with Gasteiger partial charge in [0.25, 0.3) is 5.89 Å². The van der Waals surface area contributed by atoms with Crippen molar-refractivity contribution in [2.75, 3.05) is 0 Å². The SMILES string of the molecule is C=C/C=C(\C=C/C)Cc1noc(-c2ccc(O)cc2)n1.CC.CC. The molecule has 0 radical (unpaired) electrons. The Kier molecular flexibility index (Phi) is 11.5. The van der Waals surface area contributed by atoms with Crippen LogP contribution < -0.4 is 0 Å². The number of allylic oxidation sites excluding steroid dienone is 5. The zero-order valence-corrected chi connectivity index (χ0v) is 15.3. The third kappa shape index (κ3) is 7.09. The van der Waals surface area contributed by atoms with Gasteiger partial charge in [0.2, 0.25) is 0 Å². The third-order valence-corrected chi connectivity index (χ3v) is 2.66. The Hall–Kier alpha value is -2.62. The summed E-state index contributed by atoms with van der Waals surface area (Å²) in [6, 6.07) is 6.64. The molecule has 0 amide bonds. The van der Waals surface area contributed by atoms with Crippen molar-refractivity contribution in [3.8, 4) is 17.2 Å². The quantitative estimate of drug-likeness (QED) is 0.712. The minimum Gasteiger partial charge on any atom is -0.508 e. The molecule has 24 heavy (non-hydrogen) atoms. The summed E-state index contributed by atoms with van der Waals surface area (Å²) in [5.41, 5.74) is 1.84. The van der Waals surface area contributed by atoms with Crippen molar-refractivity contribution in [2.45, 2.75) is 41.0 Å². The fourth-order valence-electron chi connectivity index (χ4n) is 1.77. The Balaban J connectivity index is 0.00000123. The molecule has 0 bridgehead atoms. The fourth-order valence-corrected chi connectivity index (χ4v) is 1.77. The van der Waals surface area contributed by atoms with Gasteiger partial charge in [-0.1, -0.05) is 63.7 Å². The Morgan fingerprint density at radius 1 is 1.17 bits per heavy atom. The summed E-state index contributed by atoms with van der Waals surface area (Å²) in [6.07, 6.45) is 8.17. The Morgan fingerprint density at radius 2 is 1.79 bits per heavy atom. The molecule has 0 fully saturated rings. The number of rotatable bonds is 5. The van der Waals surface area contributed by atoms with Crippen LogP contribution in [0.2, 0.25) is 0 Å². The highest BCUT2D eigenvalue weighted by Crippen LogP contribution is 2.20. The van der Waals surface area contributed by atoms with Crippen LogP contribution in [0.25, 0.3) is 11.5 Å². The average Bonchev–Trinajstić information content (AvgIpc) is 3.08. The smallest absolute Gasteiger partial charge is 0.257 e. The normalized spacial score (nSPS) is 10.5. The average molecular weight is 328 g/mol. The molecule has 0 spiro atoms. The van der Waals surface area contributed by atoms with Gasteiger partial charge in [-0.2, -0.15) is 4.98 Å². The van der Waals surface area contributed by atoms with Crippen LogP contribution in [0, 0.1) is 0 Å². The lowest BCUT2D eigenvalue weighted by molar-refractivity contribution is 0.423. The van der Waals surface area contributed by atoms with Gasteiger partial charge in [-0.25, -0.2) is 0 Å². The summed E-state index contributed by atoms with van der Waals surface area (Å²) in [5, 5.41) is 13.2. The number of nitrogens with zero attached hydrogens (tertiary/aromatic N) is 2. The van der Waals surface area contributed by atoms with Gasteiger partial charge in [-0.3, -0.25) is 0 Å². The van der Waals surface area contributed by atoms with Crippen LogP contribution >= 0.6 is 0 Å². The van der Waals surface area contributed by atoms with Gasteiger partial charge in [-0.15, -0.1) is 0 Å². The van der Waals surface area contributed by atoms with E-state index in [0.717, 1.165) is 11.1 Å². The Morgan fingerprint density at radius 3 is 2.33 bits per heavy atom. The van der Waals surface area contributed by atoms with Crippen LogP contribution in [0.4, 0.5) is 0 Å². The van der Waals surface area contributed by atoms with E-state index in [4.69, 9.17) is 4.52 Å². The van der Waals surface area contributed by atoms with Crippen molar-refractivity contribution < 1.29 is 9.63 Å². The highest BCUT2D eigenvalue weighted by molar-refractivity contribution is 5.54. The van der Waals surface area contributed by atoms with Crippen LogP contribution in [0.1, 0.15) is 40.4 Å². The second kappa shape index (κ2) is 12.9. The van der Waals surface area contributed by atoms with Gasteiger partial charge in [-0.05, 0) is 36.8 Å². The summed E-state index contributed by atoms with van der Waals surface area (Å²) in [7, 11) is 0. The van der Waals surface area contributed by atoms with Crippen molar-refractivity contribution in [3.63, 3.8) is 0 Å². The molecule has 4 nitrogen and oxygen atoms in total. The van der Waals surface area contributed by atoms with Crippen LogP contribution in [0.3, 0.4) is 0 Å². The first kappa shape index (κ1) is 21.4. The van der Waals surface area contributed by atoms with E-state index in [2.05, 4.69) is 16.7 Å². The molecule has 0 aliphatic heterocycles. The molecule has 0 saturated carbocycles. The minimum absolute atomic E-state index is 0.206. The van der Waals surface area contributed by atoms with E-state index in [0.29, 0.717) is 18.1 Å². The van der Waals surface area contributed by atoms with E-state index >= 15 is 0 Å². The monoisotopic (exact) mass is 328 g/mol. The summed E-state index contributed by atoms with van der Waals surface area (Å²) in [5.74, 6) is 1.26. The van der Waals surface area contributed by atoms with E-state index < -0.39 is 0 Å². The molecule has 2 rings (SSSR count). The predicted octanol–water partition coefficient (Wildman–Crippen LogP) is 5.73. The number of hydrogen-bond acceptors (Lipinski definition) is 4. The number of benzene rings is 1. The predicted molar refractivity (Wildman–Crippen MR) is 101 cm³/mol. The van der Waals surface area contributed by atoms with Crippen molar-refractivity contribution in [3.05, 3.63) is 66.5 Å². The summed E-state index contributed by atoms with van der Waals surface area (Å²) in [4.78, 5) is 4.35. The van der Waals surface area contributed by atoms with Gasteiger partial charge in [0, 0.05) is 12.0 Å². The zero-order valence-electron chi connectivity index (χ0n) is 15.3. The van der Waals surface area contributed by atoms with E-state index in [-0.39, 0.29) is 5.75 Å². The molecule has 0 aliphatic carbocycles. The van der Waals surface area contributed by atoms with Crippen molar-refractivity contribution in [2.24, 2.45) is 0 Å². The number of phenolic OH excluding ortho intramolecular Hbond substituents is 1. The Bertz CT molecular complexity index is 638. The van der Waals surface area contributed by atoms with Gasteiger partial charge in [0.1, 0.15) is 5.75 Å². The van der Waals surface area contributed by atoms with Gasteiger partial charge < -0.3 is 9.63 Å². The molecular formula is C20H28N2O2. The maximum atomic E-state index is 9.25. The van der Waals surface area contributed by atoms with Crippen LogP contribution in [0.5, 0.6) is 5.75 Å². The molecular weight excluding hydrogens is 300 g/mol. The van der Waals surface area contributed by atoms with Crippen molar-refractivity contribution in [1.82, 2.24) is 10.1 Å². The van der Waals surface area contributed by atoms with E-state index in [1.807, 2.05) is 52.8 Å². The molecule has 1 aromatic heterocycles. The molecule has 0 atom stereocenters. The van der Waals surface area contributed by atoms with E-state index in [1.165, 1.54) is 0 Å². The minimum atomic E-state index is 0.206. The van der Waals surface area contributed by atoms with Crippen LogP contribution in [0.15, 0.2) is 65.2 Å². The van der Waals surface area contributed by atoms with Crippen LogP contribution in [-0.4, -0.2) is 15.2 Å². The maximum absolute atomic E-state index is 9.25. The molecule has 2 aromatic rings. The molecule has 1 heterocycles. The molecule has 0 saturated heterocycles. The first-order valence-electron chi connectivity index (χ1n) is 8.29. The molecule has 0 aliphatic rings. The first-order valence-corrected chi connectivity index (χ1v) is 8.29. The fraction of sp³-hybridized carbons (Fsp3) is 0.300. The van der Waals surface area contributed by atoms with E-state index in [1.54, 1.807) is 30.3 Å². The lowest BCUT2D eigenvalue weighted by atomic mass is 10.1. The van der Waals surface area contributed by atoms with Crippen LogP contribution in [-0.2, 0) is 6.42 Å². The lowest BCUT2D eigenvalue weighted by Gasteiger charge is -1.95. The zero-order chi connectivity index (χ0) is 18.4. The van der Waals surface area contributed by atoms with Gasteiger partial charge in [0.05, 0.1) is 0 Å². The van der Waals surface area contributed by atoms with Gasteiger partial charge >= 0.3 is 0 Å². The number of aromatic nitrogens is 2. The lowest BCUT2D eigenvalue weighted by Crippen LogP contribution is -1.90. The summed E-state index contributed by atoms with van der Waals surface area (Å²) < 4.78 is 5.23. The number of hydrogen-bond donors (Lipinski definition) is 1. The summed E-state index contributed by atoms with van der Waals surface area (Å²) >= 11 is 0.